The monoisotopic (exact) mass is 354 g/mol. The van der Waals surface area contributed by atoms with Crippen molar-refractivity contribution in [1.29, 1.82) is 0 Å². The van der Waals surface area contributed by atoms with Gasteiger partial charge in [-0.2, -0.15) is 0 Å². The maximum Gasteiger partial charge on any atom is 0.123 e. The van der Waals surface area contributed by atoms with Crippen molar-refractivity contribution < 1.29 is 4.39 Å². The Morgan fingerprint density at radius 1 is 1.30 bits per heavy atom. The molecule has 1 aromatic carbocycles. The number of piperidine rings is 1. The van der Waals surface area contributed by atoms with Gasteiger partial charge in [-0.1, -0.05) is 20.8 Å². The molecule has 128 valence electrons. The molecule has 0 spiro atoms. The summed E-state index contributed by atoms with van der Waals surface area (Å²) in [6.45, 7) is 11.6. The van der Waals surface area contributed by atoms with Gasteiger partial charge in [0.1, 0.15) is 5.82 Å². The lowest BCUT2D eigenvalue weighted by Crippen LogP contribution is -2.39. The Morgan fingerprint density at radius 2 is 2.00 bits per heavy atom. The zero-order chi connectivity index (χ0) is 16.8. The van der Waals surface area contributed by atoms with Crippen molar-refractivity contribution in [2.24, 2.45) is 0 Å². The van der Waals surface area contributed by atoms with Crippen molar-refractivity contribution in [1.82, 2.24) is 9.62 Å². The summed E-state index contributed by atoms with van der Waals surface area (Å²) in [4.78, 5) is 0. The molecule has 1 N–H and O–H groups in total. The van der Waals surface area contributed by atoms with E-state index in [9.17, 15) is 4.39 Å². The Hall–Kier alpha value is -0.620. The van der Waals surface area contributed by atoms with E-state index in [1.165, 1.54) is 27.3 Å². The zero-order valence-electron chi connectivity index (χ0n) is 14.5. The number of halogens is 1. The molecular formula is C18H27FN2S2. The molecule has 0 amide bonds. The fourth-order valence-corrected chi connectivity index (χ4v) is 5.35. The van der Waals surface area contributed by atoms with Crippen LogP contribution in [0.4, 0.5) is 4.39 Å². The van der Waals surface area contributed by atoms with Crippen LogP contribution in [0.1, 0.15) is 39.2 Å². The van der Waals surface area contributed by atoms with E-state index in [0.717, 1.165) is 25.0 Å². The number of hydrogen-bond acceptors (Lipinski definition) is 4. The molecule has 2 heterocycles. The first-order chi connectivity index (χ1) is 11.2. The topological polar surface area (TPSA) is 15.3 Å². The predicted molar refractivity (Wildman–Crippen MR) is 102 cm³/mol. The summed E-state index contributed by atoms with van der Waals surface area (Å²) in [7, 11) is 0. The summed E-state index contributed by atoms with van der Waals surface area (Å²) in [5, 5.41) is 4.59. The number of rotatable bonds is 4. The summed E-state index contributed by atoms with van der Waals surface area (Å²) < 4.78 is 18.3. The molecule has 0 unspecified atom stereocenters. The van der Waals surface area contributed by atoms with Gasteiger partial charge < -0.3 is 5.32 Å². The van der Waals surface area contributed by atoms with Crippen LogP contribution in [0.3, 0.4) is 0 Å². The van der Waals surface area contributed by atoms with Gasteiger partial charge in [0, 0.05) is 23.8 Å². The number of fused-ring (bicyclic) bond motifs is 1. The molecule has 1 saturated heterocycles. The highest BCUT2D eigenvalue weighted by Gasteiger charge is 2.21. The normalized spacial score (nSPS) is 16.4. The number of aryl methyl sites for hydroxylation is 1. The van der Waals surface area contributed by atoms with Crippen LogP contribution in [0.2, 0.25) is 0 Å². The Balaban J connectivity index is 0.000000924. The molecule has 0 saturated carbocycles. The first-order valence-corrected chi connectivity index (χ1v) is 10.1. The maximum absolute atomic E-state index is 13.4. The molecule has 0 aliphatic carbocycles. The van der Waals surface area contributed by atoms with E-state index in [1.54, 1.807) is 23.5 Å². The molecule has 5 heteroatoms. The minimum atomic E-state index is -0.147. The highest BCUT2D eigenvalue weighted by Crippen LogP contribution is 2.40. The number of benzene rings is 1. The van der Waals surface area contributed by atoms with Crippen LogP contribution in [0.25, 0.3) is 10.1 Å². The zero-order valence-corrected chi connectivity index (χ0v) is 16.1. The lowest BCUT2D eigenvalue weighted by molar-refractivity contribution is 0.312. The van der Waals surface area contributed by atoms with Crippen LogP contribution in [0.5, 0.6) is 0 Å². The molecule has 2 nitrogen and oxygen atoms in total. The van der Waals surface area contributed by atoms with Gasteiger partial charge in [0.15, 0.2) is 0 Å². The standard InChI is InChI=1S/C16H21FN2S2.C2H6/c1-3-18-13-6-8-19(9-7-13)21-16-11(2)14-10-12(17)4-5-15(14)20-16;1-2/h4-5,10,13,18H,3,6-9H2,1-2H3;1-2H3. The molecule has 1 aromatic heterocycles. The van der Waals surface area contributed by atoms with Crippen molar-refractivity contribution in [3.63, 3.8) is 0 Å². The molecule has 23 heavy (non-hydrogen) atoms. The van der Waals surface area contributed by atoms with Gasteiger partial charge in [-0.3, -0.25) is 0 Å². The summed E-state index contributed by atoms with van der Waals surface area (Å²) >= 11 is 3.62. The second-order valence-corrected chi connectivity index (χ2v) is 7.93. The quantitative estimate of drug-likeness (QED) is 0.734. The SMILES string of the molecule is CC.CCNC1CCN(Sc2sc3ccc(F)cc3c2C)CC1. The van der Waals surface area contributed by atoms with Gasteiger partial charge in [-0.15, -0.1) is 11.3 Å². The third-order valence-corrected chi connectivity index (χ3v) is 6.65. The summed E-state index contributed by atoms with van der Waals surface area (Å²) in [5.41, 5.74) is 1.22. The van der Waals surface area contributed by atoms with Crippen LogP contribution in [-0.4, -0.2) is 30.0 Å². The van der Waals surface area contributed by atoms with E-state index >= 15 is 0 Å². The van der Waals surface area contributed by atoms with E-state index < -0.39 is 0 Å². The van der Waals surface area contributed by atoms with Gasteiger partial charge >= 0.3 is 0 Å². The van der Waals surface area contributed by atoms with E-state index in [4.69, 9.17) is 0 Å². The smallest absolute Gasteiger partial charge is 0.123 e. The Morgan fingerprint density at radius 3 is 2.65 bits per heavy atom. The first-order valence-electron chi connectivity index (χ1n) is 8.52. The fourth-order valence-electron chi connectivity index (χ4n) is 2.81. The number of nitrogens with zero attached hydrogens (tertiary/aromatic N) is 1. The number of hydrogen-bond donors (Lipinski definition) is 1. The van der Waals surface area contributed by atoms with Crippen molar-refractivity contribution in [2.75, 3.05) is 19.6 Å². The Kier molecular flexibility index (Phi) is 7.34. The Labute approximate surface area is 147 Å². The highest BCUT2D eigenvalue weighted by atomic mass is 32.2. The third-order valence-electron chi connectivity index (χ3n) is 4.01. The molecule has 0 radical (unpaired) electrons. The van der Waals surface area contributed by atoms with E-state index in [-0.39, 0.29) is 5.82 Å². The van der Waals surface area contributed by atoms with Crippen LogP contribution in [-0.2, 0) is 0 Å². The molecule has 1 aliphatic heterocycles. The average molecular weight is 355 g/mol. The highest BCUT2D eigenvalue weighted by molar-refractivity contribution is 7.99. The van der Waals surface area contributed by atoms with Crippen LogP contribution >= 0.6 is 23.3 Å². The number of nitrogens with one attached hydrogen (secondary N) is 1. The molecule has 0 atom stereocenters. The van der Waals surface area contributed by atoms with Crippen LogP contribution in [0.15, 0.2) is 22.4 Å². The van der Waals surface area contributed by atoms with Gasteiger partial charge in [0.05, 0.1) is 4.21 Å². The van der Waals surface area contributed by atoms with Crippen LogP contribution in [0, 0.1) is 12.7 Å². The Bertz CT molecular complexity index is 619. The number of thiophene rings is 1. The molecular weight excluding hydrogens is 327 g/mol. The molecule has 1 aliphatic rings. The summed E-state index contributed by atoms with van der Waals surface area (Å²) in [6.07, 6.45) is 2.42. The minimum Gasteiger partial charge on any atom is -0.314 e. The largest absolute Gasteiger partial charge is 0.314 e. The van der Waals surface area contributed by atoms with E-state index in [2.05, 4.69) is 23.5 Å². The van der Waals surface area contributed by atoms with Gasteiger partial charge in [0.2, 0.25) is 0 Å². The maximum atomic E-state index is 13.4. The predicted octanol–water partition coefficient (Wildman–Crippen LogP) is 5.46. The second-order valence-electron chi connectivity index (χ2n) is 5.51. The van der Waals surface area contributed by atoms with E-state index in [0.29, 0.717) is 6.04 Å². The fraction of sp³-hybridized carbons (Fsp3) is 0.556. The molecule has 0 bridgehead atoms. The van der Waals surface area contributed by atoms with Crippen LogP contribution < -0.4 is 5.32 Å². The van der Waals surface area contributed by atoms with Crippen molar-refractivity contribution >= 4 is 33.4 Å². The molecule has 3 rings (SSSR count). The first kappa shape index (κ1) is 18.7. The molecule has 2 aromatic rings. The molecule has 1 fully saturated rings. The lowest BCUT2D eigenvalue weighted by Gasteiger charge is -2.31. The second kappa shape index (κ2) is 9.02. The van der Waals surface area contributed by atoms with E-state index in [1.807, 2.05) is 31.9 Å². The minimum absolute atomic E-state index is 0.147. The van der Waals surface area contributed by atoms with Gasteiger partial charge in [0.25, 0.3) is 0 Å². The summed E-state index contributed by atoms with van der Waals surface area (Å²) in [6, 6.07) is 5.77. The average Bonchev–Trinajstić information content (AvgIpc) is 2.87. The van der Waals surface area contributed by atoms with Crippen molar-refractivity contribution in [2.45, 2.75) is 50.8 Å². The van der Waals surface area contributed by atoms with Gasteiger partial charge in [-0.05, 0) is 67.4 Å². The lowest BCUT2D eigenvalue weighted by atomic mass is 10.1. The third kappa shape index (κ3) is 4.69. The van der Waals surface area contributed by atoms with Gasteiger partial charge in [-0.25, -0.2) is 8.70 Å². The van der Waals surface area contributed by atoms with Crippen molar-refractivity contribution in [3.05, 3.63) is 29.6 Å². The summed E-state index contributed by atoms with van der Waals surface area (Å²) in [5.74, 6) is -0.147. The van der Waals surface area contributed by atoms with Crippen molar-refractivity contribution in [3.8, 4) is 0 Å².